The van der Waals surface area contributed by atoms with Crippen LogP contribution in [-0.4, -0.2) is 53.8 Å². The van der Waals surface area contributed by atoms with E-state index in [4.69, 9.17) is 24.3 Å². The molecule has 1 heterocycles. The van der Waals surface area contributed by atoms with Crippen molar-refractivity contribution in [3.63, 3.8) is 0 Å². The third-order valence-corrected chi connectivity index (χ3v) is 7.68. The summed E-state index contributed by atoms with van der Waals surface area (Å²) in [7, 11) is 0. The molecule has 0 aromatic heterocycles. The quantitative estimate of drug-likeness (QED) is 0.169. The van der Waals surface area contributed by atoms with Gasteiger partial charge in [-0.25, -0.2) is 9.38 Å². The Kier molecular flexibility index (Phi) is 11.2. The van der Waals surface area contributed by atoms with E-state index in [-0.39, 0.29) is 37.7 Å². The first-order valence-corrected chi connectivity index (χ1v) is 15.4. The summed E-state index contributed by atoms with van der Waals surface area (Å²) in [5.74, 6) is -0.300. The van der Waals surface area contributed by atoms with Crippen LogP contribution in [0.1, 0.15) is 62.8 Å². The number of aliphatic hydroxyl groups is 1. The molecule has 0 saturated carbocycles. The van der Waals surface area contributed by atoms with Gasteiger partial charge >= 0.3 is 5.97 Å². The number of esters is 1. The molecule has 0 aliphatic carbocycles. The van der Waals surface area contributed by atoms with Crippen molar-refractivity contribution >= 4 is 33.7 Å². The van der Waals surface area contributed by atoms with Gasteiger partial charge in [0.1, 0.15) is 17.2 Å². The normalized spacial score (nSPS) is 17.9. The van der Waals surface area contributed by atoms with Gasteiger partial charge in [0, 0.05) is 41.6 Å². The molecule has 0 spiro atoms. The number of rotatable bonds is 13. The second-order valence-corrected chi connectivity index (χ2v) is 12.4. The van der Waals surface area contributed by atoms with Crippen molar-refractivity contribution in [1.82, 2.24) is 5.32 Å². The van der Waals surface area contributed by atoms with Crippen molar-refractivity contribution in [3.05, 3.63) is 99.8 Å². The minimum Gasteiger partial charge on any atom is -0.494 e. The predicted octanol–water partition coefficient (Wildman–Crippen LogP) is 6.09. The van der Waals surface area contributed by atoms with Crippen LogP contribution in [0.15, 0.2) is 82.3 Å². The zero-order chi connectivity index (χ0) is 31.7. The SMILES string of the molecule is CC(C)(C)OC(=O)CC[C@@]1(C(=O)NCCc2ccc(F)cc2)N=C(c2ccc(OCCCO)cc2)O[C@@H]1c1ccccc1Br. The largest absolute Gasteiger partial charge is 0.494 e. The van der Waals surface area contributed by atoms with Crippen LogP contribution in [0, 0.1) is 5.82 Å². The summed E-state index contributed by atoms with van der Waals surface area (Å²) >= 11 is 3.61. The summed E-state index contributed by atoms with van der Waals surface area (Å²) in [6.45, 7) is 6.06. The molecule has 2 N–H and O–H groups in total. The summed E-state index contributed by atoms with van der Waals surface area (Å²) < 4.78 is 31.8. The number of aliphatic hydroxyl groups excluding tert-OH is 1. The predicted molar refractivity (Wildman–Crippen MR) is 169 cm³/mol. The Bertz CT molecular complexity index is 1460. The molecule has 10 heteroatoms. The number of carbonyl (C=O) groups excluding carboxylic acids is 2. The van der Waals surface area contributed by atoms with Crippen LogP contribution in [0.3, 0.4) is 0 Å². The maximum Gasteiger partial charge on any atom is 0.306 e. The molecule has 8 nitrogen and oxygen atoms in total. The van der Waals surface area contributed by atoms with Crippen LogP contribution in [0.2, 0.25) is 0 Å². The molecule has 3 aromatic rings. The Labute approximate surface area is 265 Å². The van der Waals surface area contributed by atoms with Crippen molar-refractivity contribution in [2.75, 3.05) is 19.8 Å². The third-order valence-electron chi connectivity index (χ3n) is 6.96. The number of ether oxygens (including phenoxy) is 3. The van der Waals surface area contributed by atoms with Crippen LogP contribution in [0.25, 0.3) is 0 Å². The van der Waals surface area contributed by atoms with Crippen molar-refractivity contribution in [1.29, 1.82) is 0 Å². The molecule has 1 aliphatic heterocycles. The number of halogens is 2. The third kappa shape index (κ3) is 8.66. The maximum atomic E-state index is 14.2. The Balaban J connectivity index is 1.68. The van der Waals surface area contributed by atoms with E-state index >= 15 is 0 Å². The number of benzene rings is 3. The average molecular weight is 670 g/mol. The van der Waals surface area contributed by atoms with E-state index in [0.29, 0.717) is 36.3 Å². The lowest BCUT2D eigenvalue weighted by molar-refractivity contribution is -0.155. The molecule has 1 amide bonds. The van der Waals surface area contributed by atoms with Gasteiger partial charge < -0.3 is 24.6 Å². The molecule has 0 unspecified atom stereocenters. The Hall–Kier alpha value is -3.76. The molecule has 3 aromatic carbocycles. The molecular weight excluding hydrogens is 631 g/mol. The molecule has 0 fully saturated rings. The fraction of sp³-hybridized carbons (Fsp3) is 0.382. The van der Waals surface area contributed by atoms with Gasteiger partial charge in [0.15, 0.2) is 11.6 Å². The zero-order valence-corrected chi connectivity index (χ0v) is 26.7. The molecular formula is C34H38BrFN2O6. The van der Waals surface area contributed by atoms with Crippen LogP contribution in [0.5, 0.6) is 5.75 Å². The summed E-state index contributed by atoms with van der Waals surface area (Å²) in [5, 5.41) is 12.0. The van der Waals surface area contributed by atoms with Gasteiger partial charge in [0.05, 0.1) is 6.61 Å². The van der Waals surface area contributed by atoms with Crippen LogP contribution in [0.4, 0.5) is 4.39 Å². The van der Waals surface area contributed by atoms with Gasteiger partial charge in [-0.1, -0.05) is 46.3 Å². The average Bonchev–Trinajstić information content (AvgIpc) is 3.37. The molecule has 234 valence electrons. The highest BCUT2D eigenvalue weighted by Crippen LogP contribution is 2.45. The number of amides is 1. The first kappa shape index (κ1) is 33.1. The summed E-state index contributed by atoms with van der Waals surface area (Å²) in [6, 6.07) is 20.7. The fourth-order valence-electron chi connectivity index (χ4n) is 4.84. The highest BCUT2D eigenvalue weighted by atomic mass is 79.9. The first-order chi connectivity index (χ1) is 21.0. The van der Waals surface area contributed by atoms with E-state index in [1.54, 1.807) is 57.2 Å². The summed E-state index contributed by atoms with van der Waals surface area (Å²) in [4.78, 5) is 32.0. The van der Waals surface area contributed by atoms with E-state index in [0.717, 1.165) is 10.0 Å². The monoisotopic (exact) mass is 668 g/mol. The molecule has 0 radical (unpaired) electrons. The lowest BCUT2D eigenvalue weighted by Crippen LogP contribution is -2.49. The topological polar surface area (TPSA) is 106 Å². The standard InChI is InChI=1S/C34H38BrFN2O6/c1-33(2,3)44-29(40)17-19-34(32(41)37-20-18-23-9-13-25(36)14-10-23)30(27-7-4-5-8-28(27)35)43-31(38-34)24-11-15-26(16-12-24)42-22-6-21-39/h4-5,7-16,30,39H,6,17-22H2,1-3H3,(H,37,41)/t30-,34-/m1/s1. The molecule has 2 atom stereocenters. The van der Waals surface area contributed by atoms with Gasteiger partial charge in [-0.2, -0.15) is 0 Å². The van der Waals surface area contributed by atoms with E-state index in [1.165, 1.54) is 12.1 Å². The van der Waals surface area contributed by atoms with E-state index in [1.807, 2.05) is 24.3 Å². The molecule has 4 rings (SSSR count). The second kappa shape index (κ2) is 14.8. The van der Waals surface area contributed by atoms with Gasteiger partial charge in [-0.15, -0.1) is 0 Å². The highest BCUT2D eigenvalue weighted by molar-refractivity contribution is 9.10. The van der Waals surface area contributed by atoms with E-state index in [2.05, 4.69) is 21.2 Å². The van der Waals surface area contributed by atoms with Crippen LogP contribution >= 0.6 is 15.9 Å². The number of carbonyl (C=O) groups is 2. The minimum atomic E-state index is -1.50. The Morgan fingerprint density at radius 2 is 1.77 bits per heavy atom. The van der Waals surface area contributed by atoms with E-state index in [9.17, 15) is 14.0 Å². The van der Waals surface area contributed by atoms with Crippen molar-refractivity contribution in [2.45, 2.75) is 63.7 Å². The van der Waals surface area contributed by atoms with Crippen molar-refractivity contribution in [2.24, 2.45) is 4.99 Å². The lowest BCUT2D eigenvalue weighted by Gasteiger charge is -2.31. The summed E-state index contributed by atoms with van der Waals surface area (Å²) in [6.07, 6.45) is 0.0932. The molecule has 0 saturated heterocycles. The van der Waals surface area contributed by atoms with E-state index < -0.39 is 29.1 Å². The number of hydrogen-bond acceptors (Lipinski definition) is 7. The van der Waals surface area contributed by atoms with Gasteiger partial charge in [0.2, 0.25) is 5.90 Å². The molecule has 0 bridgehead atoms. The minimum absolute atomic E-state index is 0.0299. The summed E-state index contributed by atoms with van der Waals surface area (Å²) in [5.41, 5.74) is 0.00765. The number of nitrogens with zero attached hydrogens (tertiary/aromatic N) is 1. The number of nitrogens with one attached hydrogen (secondary N) is 1. The number of aliphatic imine (C=N–C) groups is 1. The highest BCUT2D eigenvalue weighted by Gasteiger charge is 2.53. The van der Waals surface area contributed by atoms with Gasteiger partial charge in [0.25, 0.3) is 5.91 Å². The van der Waals surface area contributed by atoms with Crippen molar-refractivity contribution < 1.29 is 33.3 Å². The maximum absolute atomic E-state index is 14.2. The number of hydrogen-bond donors (Lipinski definition) is 2. The second-order valence-electron chi connectivity index (χ2n) is 11.5. The molecule has 44 heavy (non-hydrogen) atoms. The lowest BCUT2D eigenvalue weighted by atomic mass is 9.83. The molecule has 1 aliphatic rings. The van der Waals surface area contributed by atoms with Crippen LogP contribution in [-0.2, 0) is 25.5 Å². The Morgan fingerprint density at radius 3 is 2.43 bits per heavy atom. The first-order valence-electron chi connectivity index (χ1n) is 14.6. The zero-order valence-electron chi connectivity index (χ0n) is 25.1. The van der Waals surface area contributed by atoms with Crippen molar-refractivity contribution in [3.8, 4) is 5.75 Å². The van der Waals surface area contributed by atoms with Gasteiger partial charge in [-0.3, -0.25) is 9.59 Å². The Morgan fingerprint density at radius 1 is 1.07 bits per heavy atom. The smallest absolute Gasteiger partial charge is 0.306 e. The van der Waals surface area contributed by atoms with Crippen LogP contribution < -0.4 is 10.1 Å². The van der Waals surface area contributed by atoms with Gasteiger partial charge in [-0.05, 0) is 81.6 Å². The fourth-order valence-corrected chi connectivity index (χ4v) is 5.34.